The van der Waals surface area contributed by atoms with Gasteiger partial charge in [0.25, 0.3) is 5.56 Å². The number of esters is 2. The van der Waals surface area contributed by atoms with Crippen LogP contribution in [-0.2, 0) is 31.9 Å². The third-order valence-corrected chi connectivity index (χ3v) is 4.40. The molecule has 2 aromatic rings. The summed E-state index contributed by atoms with van der Waals surface area (Å²) in [5, 5.41) is 0. The van der Waals surface area contributed by atoms with Crippen LogP contribution in [0.4, 0.5) is 0 Å². The Labute approximate surface area is 138 Å². The van der Waals surface area contributed by atoms with Gasteiger partial charge in [0.15, 0.2) is 5.41 Å². The van der Waals surface area contributed by atoms with Crippen LogP contribution in [0, 0.1) is 5.41 Å². The first kappa shape index (κ1) is 16.0. The first-order chi connectivity index (χ1) is 11.5. The van der Waals surface area contributed by atoms with E-state index in [0.717, 1.165) is 11.3 Å². The number of aromatic nitrogens is 1. The molecule has 0 fully saturated rings. The van der Waals surface area contributed by atoms with Gasteiger partial charge in [-0.3, -0.25) is 19.0 Å². The molecule has 1 aliphatic rings. The number of methoxy groups -OCH3 is 2. The third-order valence-electron chi connectivity index (χ3n) is 4.40. The predicted molar refractivity (Wildman–Crippen MR) is 85.9 cm³/mol. The highest BCUT2D eigenvalue weighted by molar-refractivity contribution is 6.01. The summed E-state index contributed by atoms with van der Waals surface area (Å²) < 4.78 is 11.1. The fourth-order valence-corrected chi connectivity index (χ4v) is 3.20. The summed E-state index contributed by atoms with van der Waals surface area (Å²) in [5.74, 6) is -1.30. The molecule has 3 rings (SSSR count). The Hall–Kier alpha value is -2.89. The maximum atomic E-state index is 12.4. The SMILES string of the molecule is COC(=O)C1(C(=O)OC)Cc2cc(=O)n(-c3ccccc3)cc2C1. The van der Waals surface area contributed by atoms with Gasteiger partial charge in [-0.2, -0.15) is 0 Å². The maximum Gasteiger partial charge on any atom is 0.323 e. The predicted octanol–water partition coefficient (Wildman–Crippen LogP) is 1.27. The lowest BCUT2D eigenvalue weighted by molar-refractivity contribution is -0.168. The summed E-state index contributed by atoms with van der Waals surface area (Å²) >= 11 is 0. The molecule has 1 aromatic heterocycles. The Morgan fingerprint density at radius 3 is 2.17 bits per heavy atom. The monoisotopic (exact) mass is 327 g/mol. The minimum absolute atomic E-state index is 0.104. The zero-order valence-corrected chi connectivity index (χ0v) is 13.4. The van der Waals surface area contributed by atoms with E-state index in [0.29, 0.717) is 5.56 Å². The number of para-hydroxylation sites is 1. The molecule has 0 saturated heterocycles. The molecule has 6 heteroatoms. The summed E-state index contributed by atoms with van der Waals surface area (Å²) in [7, 11) is 2.47. The van der Waals surface area contributed by atoms with Crippen molar-refractivity contribution in [3.63, 3.8) is 0 Å². The number of carbonyl (C=O) groups excluding carboxylic acids is 2. The van der Waals surface area contributed by atoms with Crippen molar-refractivity contribution < 1.29 is 19.1 Å². The largest absolute Gasteiger partial charge is 0.468 e. The van der Waals surface area contributed by atoms with E-state index in [2.05, 4.69) is 0 Å². The standard InChI is InChI=1S/C18H17NO5/c1-23-16(21)18(17(22)24-2)9-12-8-15(20)19(11-13(12)10-18)14-6-4-3-5-7-14/h3-8,11H,9-10H2,1-2H3. The van der Waals surface area contributed by atoms with Gasteiger partial charge in [0.1, 0.15) is 0 Å². The van der Waals surface area contributed by atoms with Crippen LogP contribution in [0.15, 0.2) is 47.4 Å². The zero-order valence-electron chi connectivity index (χ0n) is 13.4. The molecule has 0 aliphatic heterocycles. The van der Waals surface area contributed by atoms with E-state index in [-0.39, 0.29) is 18.4 Å². The van der Waals surface area contributed by atoms with Crippen molar-refractivity contribution in [3.8, 4) is 5.69 Å². The molecule has 6 nitrogen and oxygen atoms in total. The Bertz CT molecular complexity index is 837. The van der Waals surface area contributed by atoms with Gasteiger partial charge in [-0.15, -0.1) is 0 Å². The van der Waals surface area contributed by atoms with Gasteiger partial charge in [-0.05, 0) is 23.3 Å². The molecule has 0 unspecified atom stereocenters. The van der Waals surface area contributed by atoms with Crippen LogP contribution in [-0.4, -0.2) is 30.7 Å². The molecule has 0 atom stereocenters. The second-order valence-electron chi connectivity index (χ2n) is 5.79. The van der Waals surface area contributed by atoms with Crippen LogP contribution in [0.3, 0.4) is 0 Å². The van der Waals surface area contributed by atoms with Crippen molar-refractivity contribution in [2.24, 2.45) is 5.41 Å². The Kier molecular flexibility index (Phi) is 3.97. The topological polar surface area (TPSA) is 74.6 Å². The van der Waals surface area contributed by atoms with E-state index in [1.165, 1.54) is 24.9 Å². The average Bonchev–Trinajstić information content (AvgIpc) is 2.99. The summed E-state index contributed by atoms with van der Waals surface area (Å²) in [6.07, 6.45) is 1.93. The molecule has 24 heavy (non-hydrogen) atoms. The number of fused-ring (bicyclic) bond motifs is 1. The molecular weight excluding hydrogens is 310 g/mol. The number of rotatable bonds is 3. The maximum absolute atomic E-state index is 12.4. The molecule has 0 radical (unpaired) electrons. The summed E-state index contributed by atoms with van der Waals surface area (Å²) in [6.45, 7) is 0. The highest BCUT2D eigenvalue weighted by Gasteiger charge is 2.52. The highest BCUT2D eigenvalue weighted by Crippen LogP contribution is 2.38. The van der Waals surface area contributed by atoms with Crippen LogP contribution < -0.4 is 5.56 Å². The van der Waals surface area contributed by atoms with Crippen LogP contribution in [0.2, 0.25) is 0 Å². The third kappa shape index (κ3) is 2.40. The first-order valence-electron chi connectivity index (χ1n) is 7.48. The Morgan fingerprint density at radius 2 is 1.58 bits per heavy atom. The van der Waals surface area contributed by atoms with Gasteiger partial charge in [-0.25, -0.2) is 0 Å². The molecular formula is C18H17NO5. The fraction of sp³-hybridized carbons (Fsp3) is 0.278. The van der Waals surface area contributed by atoms with E-state index in [1.807, 2.05) is 30.3 Å². The minimum atomic E-state index is -1.42. The molecule has 0 amide bonds. The van der Waals surface area contributed by atoms with Gasteiger partial charge < -0.3 is 9.47 Å². The lowest BCUT2D eigenvalue weighted by Crippen LogP contribution is -2.42. The quantitative estimate of drug-likeness (QED) is 0.627. The van der Waals surface area contributed by atoms with Crippen LogP contribution in [0.25, 0.3) is 5.69 Å². The van der Waals surface area contributed by atoms with Gasteiger partial charge in [0.05, 0.1) is 14.2 Å². The second kappa shape index (κ2) is 5.96. The molecule has 0 bridgehead atoms. The van der Waals surface area contributed by atoms with Crippen LogP contribution in [0.5, 0.6) is 0 Å². The van der Waals surface area contributed by atoms with Crippen molar-refractivity contribution in [2.45, 2.75) is 12.8 Å². The number of hydrogen-bond donors (Lipinski definition) is 0. The van der Waals surface area contributed by atoms with Crippen LogP contribution in [0.1, 0.15) is 11.1 Å². The molecule has 0 spiro atoms. The molecule has 0 N–H and O–H groups in total. The summed E-state index contributed by atoms with van der Waals surface area (Å²) in [5.41, 5.74) is 0.510. The van der Waals surface area contributed by atoms with Crippen molar-refractivity contribution in [1.82, 2.24) is 4.57 Å². The molecule has 1 aromatic carbocycles. The van der Waals surface area contributed by atoms with Gasteiger partial charge >= 0.3 is 11.9 Å². The zero-order chi connectivity index (χ0) is 17.3. The molecule has 1 aliphatic carbocycles. The summed E-state index contributed by atoms with van der Waals surface area (Å²) in [4.78, 5) is 36.9. The number of carbonyl (C=O) groups is 2. The smallest absolute Gasteiger partial charge is 0.323 e. The van der Waals surface area contributed by atoms with Gasteiger partial charge in [0.2, 0.25) is 0 Å². The van der Waals surface area contributed by atoms with E-state index < -0.39 is 17.4 Å². The van der Waals surface area contributed by atoms with Gasteiger partial charge in [0, 0.05) is 30.8 Å². The van der Waals surface area contributed by atoms with E-state index in [4.69, 9.17) is 9.47 Å². The van der Waals surface area contributed by atoms with Crippen molar-refractivity contribution in [3.05, 3.63) is 64.1 Å². The van der Waals surface area contributed by atoms with Crippen LogP contribution >= 0.6 is 0 Å². The average molecular weight is 327 g/mol. The molecule has 0 saturated carbocycles. The number of pyridine rings is 1. The van der Waals surface area contributed by atoms with E-state index >= 15 is 0 Å². The first-order valence-corrected chi connectivity index (χ1v) is 7.48. The lowest BCUT2D eigenvalue weighted by Gasteiger charge is -2.22. The Balaban J connectivity index is 2.08. The van der Waals surface area contributed by atoms with Gasteiger partial charge in [-0.1, -0.05) is 18.2 Å². The van der Waals surface area contributed by atoms with E-state index in [1.54, 1.807) is 6.20 Å². The highest BCUT2D eigenvalue weighted by atomic mass is 16.5. The molecule has 124 valence electrons. The number of nitrogens with zero attached hydrogens (tertiary/aromatic N) is 1. The summed E-state index contributed by atoms with van der Waals surface area (Å²) in [6, 6.07) is 10.6. The van der Waals surface area contributed by atoms with E-state index in [9.17, 15) is 14.4 Å². The normalized spacial score (nSPS) is 14.8. The minimum Gasteiger partial charge on any atom is -0.468 e. The number of hydrogen-bond acceptors (Lipinski definition) is 5. The Morgan fingerprint density at radius 1 is 1.00 bits per heavy atom. The lowest BCUT2D eigenvalue weighted by atomic mass is 9.85. The van der Waals surface area contributed by atoms with Crippen molar-refractivity contribution in [1.29, 1.82) is 0 Å². The number of ether oxygens (including phenoxy) is 2. The molecule has 1 heterocycles. The number of benzene rings is 1. The van der Waals surface area contributed by atoms with Crippen molar-refractivity contribution in [2.75, 3.05) is 14.2 Å². The van der Waals surface area contributed by atoms with Crippen molar-refractivity contribution >= 4 is 11.9 Å². The second-order valence-corrected chi connectivity index (χ2v) is 5.79. The fourth-order valence-electron chi connectivity index (χ4n) is 3.20.